The highest BCUT2D eigenvalue weighted by Gasteiger charge is 2.09. The van der Waals surface area contributed by atoms with Gasteiger partial charge in [0.25, 0.3) is 5.91 Å². The van der Waals surface area contributed by atoms with Crippen molar-refractivity contribution in [3.8, 4) is 11.5 Å². The molecular formula is C19H19NO3. The van der Waals surface area contributed by atoms with Crippen LogP contribution >= 0.6 is 0 Å². The molecule has 0 heterocycles. The van der Waals surface area contributed by atoms with E-state index in [-0.39, 0.29) is 5.91 Å². The van der Waals surface area contributed by atoms with Gasteiger partial charge < -0.3 is 14.8 Å². The Morgan fingerprint density at radius 3 is 2.30 bits per heavy atom. The van der Waals surface area contributed by atoms with Gasteiger partial charge in [-0.1, -0.05) is 37.4 Å². The summed E-state index contributed by atoms with van der Waals surface area (Å²) >= 11 is 0. The molecule has 0 unspecified atom stereocenters. The Morgan fingerprint density at radius 2 is 1.61 bits per heavy atom. The number of para-hydroxylation sites is 2. The van der Waals surface area contributed by atoms with Crippen molar-refractivity contribution in [2.24, 2.45) is 0 Å². The predicted octanol–water partition coefficient (Wildman–Crippen LogP) is 4.07. The van der Waals surface area contributed by atoms with Crippen LogP contribution in [0, 0.1) is 0 Å². The van der Waals surface area contributed by atoms with Crippen LogP contribution in [-0.2, 0) is 0 Å². The van der Waals surface area contributed by atoms with Gasteiger partial charge in [-0.2, -0.15) is 0 Å². The number of amides is 1. The molecule has 1 N–H and O–H groups in total. The van der Waals surface area contributed by atoms with Crippen LogP contribution in [0.5, 0.6) is 11.5 Å². The zero-order chi connectivity index (χ0) is 16.5. The van der Waals surface area contributed by atoms with Crippen LogP contribution in [0.2, 0.25) is 0 Å². The summed E-state index contributed by atoms with van der Waals surface area (Å²) in [6.45, 7) is 8.01. The highest BCUT2D eigenvalue weighted by Crippen LogP contribution is 2.24. The first-order valence-corrected chi connectivity index (χ1v) is 7.22. The van der Waals surface area contributed by atoms with Crippen LogP contribution in [-0.4, -0.2) is 19.1 Å². The summed E-state index contributed by atoms with van der Waals surface area (Å²) in [5.74, 6) is 1.08. The van der Waals surface area contributed by atoms with Crippen molar-refractivity contribution in [1.29, 1.82) is 0 Å². The molecule has 0 aliphatic rings. The Bertz CT molecular complexity index is 677. The Kier molecular flexibility index (Phi) is 6.00. The van der Waals surface area contributed by atoms with E-state index in [9.17, 15) is 4.79 Å². The molecule has 0 fully saturated rings. The third kappa shape index (κ3) is 4.74. The number of rotatable bonds is 8. The van der Waals surface area contributed by atoms with E-state index in [0.717, 1.165) is 0 Å². The van der Waals surface area contributed by atoms with E-state index in [1.54, 1.807) is 48.6 Å². The van der Waals surface area contributed by atoms with Gasteiger partial charge in [-0.05, 0) is 36.4 Å². The number of anilines is 1. The Labute approximate surface area is 136 Å². The SMILES string of the molecule is C=CCOc1ccc(C(=O)Nc2ccccc2OCC=C)cc1. The average molecular weight is 309 g/mol. The molecule has 0 bridgehead atoms. The first-order valence-electron chi connectivity index (χ1n) is 7.22. The summed E-state index contributed by atoms with van der Waals surface area (Å²) < 4.78 is 10.9. The van der Waals surface area contributed by atoms with E-state index >= 15 is 0 Å². The first-order chi connectivity index (χ1) is 11.2. The first kappa shape index (κ1) is 16.4. The molecule has 0 aromatic heterocycles. The van der Waals surface area contributed by atoms with Gasteiger partial charge in [-0.25, -0.2) is 0 Å². The van der Waals surface area contributed by atoms with Crippen LogP contribution < -0.4 is 14.8 Å². The van der Waals surface area contributed by atoms with Crippen molar-refractivity contribution in [3.63, 3.8) is 0 Å². The molecule has 0 saturated heterocycles. The van der Waals surface area contributed by atoms with Gasteiger partial charge in [-0.3, -0.25) is 4.79 Å². The van der Waals surface area contributed by atoms with E-state index in [0.29, 0.717) is 36.0 Å². The van der Waals surface area contributed by atoms with Crippen molar-refractivity contribution >= 4 is 11.6 Å². The second-order valence-electron chi connectivity index (χ2n) is 4.67. The van der Waals surface area contributed by atoms with Gasteiger partial charge >= 0.3 is 0 Å². The normalized spacial score (nSPS) is 9.74. The van der Waals surface area contributed by atoms with E-state index in [1.165, 1.54) is 0 Å². The minimum atomic E-state index is -0.213. The predicted molar refractivity (Wildman–Crippen MR) is 92.2 cm³/mol. The number of carbonyl (C=O) groups is 1. The molecule has 0 aliphatic heterocycles. The molecule has 4 heteroatoms. The molecule has 118 valence electrons. The lowest BCUT2D eigenvalue weighted by molar-refractivity contribution is 0.102. The third-order valence-corrected chi connectivity index (χ3v) is 2.98. The minimum absolute atomic E-state index is 0.213. The quantitative estimate of drug-likeness (QED) is 0.748. The lowest BCUT2D eigenvalue weighted by atomic mass is 10.2. The van der Waals surface area contributed by atoms with E-state index in [1.807, 2.05) is 12.1 Å². The van der Waals surface area contributed by atoms with Crippen LogP contribution in [0.25, 0.3) is 0 Å². The molecule has 2 aromatic rings. The molecule has 0 saturated carbocycles. The second-order valence-corrected chi connectivity index (χ2v) is 4.67. The number of hydrogen-bond donors (Lipinski definition) is 1. The van der Waals surface area contributed by atoms with Crippen molar-refractivity contribution in [2.75, 3.05) is 18.5 Å². The van der Waals surface area contributed by atoms with E-state index in [4.69, 9.17) is 9.47 Å². The molecule has 0 radical (unpaired) electrons. The molecule has 0 aliphatic carbocycles. The van der Waals surface area contributed by atoms with Gasteiger partial charge in [0.05, 0.1) is 5.69 Å². The largest absolute Gasteiger partial charge is 0.490 e. The maximum atomic E-state index is 12.3. The summed E-state index contributed by atoms with van der Waals surface area (Å²) in [7, 11) is 0. The maximum absolute atomic E-state index is 12.3. The van der Waals surface area contributed by atoms with E-state index < -0.39 is 0 Å². The van der Waals surface area contributed by atoms with Crippen LogP contribution in [0.1, 0.15) is 10.4 Å². The molecule has 2 rings (SSSR count). The molecule has 23 heavy (non-hydrogen) atoms. The molecule has 0 atom stereocenters. The number of benzene rings is 2. The monoisotopic (exact) mass is 309 g/mol. The molecule has 0 spiro atoms. The number of carbonyl (C=O) groups excluding carboxylic acids is 1. The zero-order valence-corrected chi connectivity index (χ0v) is 12.8. The van der Waals surface area contributed by atoms with Gasteiger partial charge in [0.15, 0.2) is 0 Å². The fraction of sp³-hybridized carbons (Fsp3) is 0.105. The fourth-order valence-electron chi connectivity index (χ4n) is 1.90. The van der Waals surface area contributed by atoms with Gasteiger partial charge in [-0.15, -0.1) is 0 Å². The zero-order valence-electron chi connectivity index (χ0n) is 12.8. The Morgan fingerprint density at radius 1 is 0.957 bits per heavy atom. The highest BCUT2D eigenvalue weighted by atomic mass is 16.5. The summed E-state index contributed by atoms with van der Waals surface area (Å²) in [4.78, 5) is 12.3. The van der Waals surface area contributed by atoms with E-state index in [2.05, 4.69) is 18.5 Å². The minimum Gasteiger partial charge on any atom is -0.490 e. The molecule has 1 amide bonds. The van der Waals surface area contributed by atoms with Gasteiger partial charge in [0.1, 0.15) is 24.7 Å². The lowest BCUT2D eigenvalue weighted by Crippen LogP contribution is -2.13. The summed E-state index contributed by atoms with van der Waals surface area (Å²) in [6, 6.07) is 14.2. The van der Waals surface area contributed by atoms with Gasteiger partial charge in [0.2, 0.25) is 0 Å². The Balaban J connectivity index is 2.06. The fourth-order valence-corrected chi connectivity index (χ4v) is 1.90. The maximum Gasteiger partial charge on any atom is 0.255 e. The number of hydrogen-bond acceptors (Lipinski definition) is 3. The summed E-state index contributed by atoms with van der Waals surface area (Å²) in [5.41, 5.74) is 1.15. The molecule has 4 nitrogen and oxygen atoms in total. The second kappa shape index (κ2) is 8.44. The highest BCUT2D eigenvalue weighted by molar-refractivity contribution is 6.05. The number of ether oxygens (including phenoxy) is 2. The summed E-state index contributed by atoms with van der Waals surface area (Å²) in [6.07, 6.45) is 3.32. The van der Waals surface area contributed by atoms with Crippen molar-refractivity contribution < 1.29 is 14.3 Å². The smallest absolute Gasteiger partial charge is 0.255 e. The molecular weight excluding hydrogens is 290 g/mol. The average Bonchev–Trinajstić information content (AvgIpc) is 2.59. The van der Waals surface area contributed by atoms with Crippen molar-refractivity contribution in [2.45, 2.75) is 0 Å². The van der Waals surface area contributed by atoms with Crippen molar-refractivity contribution in [3.05, 3.63) is 79.4 Å². The lowest BCUT2D eigenvalue weighted by Gasteiger charge is -2.11. The topological polar surface area (TPSA) is 47.6 Å². The summed E-state index contributed by atoms with van der Waals surface area (Å²) in [5, 5.41) is 2.84. The van der Waals surface area contributed by atoms with Crippen LogP contribution in [0.3, 0.4) is 0 Å². The number of nitrogens with one attached hydrogen (secondary N) is 1. The van der Waals surface area contributed by atoms with Gasteiger partial charge in [0, 0.05) is 5.56 Å². The van der Waals surface area contributed by atoms with Crippen molar-refractivity contribution in [1.82, 2.24) is 0 Å². The Hall–Kier alpha value is -3.01. The standard InChI is InChI=1S/C19H19NO3/c1-3-13-22-16-11-9-15(10-12-16)19(21)20-17-7-5-6-8-18(17)23-14-4-2/h3-12H,1-2,13-14H2,(H,20,21). The molecule has 2 aromatic carbocycles. The van der Waals surface area contributed by atoms with Crippen LogP contribution in [0.4, 0.5) is 5.69 Å². The van der Waals surface area contributed by atoms with Crippen LogP contribution in [0.15, 0.2) is 73.8 Å². The third-order valence-electron chi connectivity index (χ3n) is 2.98.